The van der Waals surface area contributed by atoms with Crippen LogP contribution in [0.25, 0.3) is 0 Å². The van der Waals surface area contributed by atoms with Gasteiger partial charge in [-0.15, -0.1) is 5.10 Å². The van der Waals surface area contributed by atoms with Gasteiger partial charge in [-0.25, -0.2) is 4.68 Å². The molecule has 2 saturated carbocycles. The Morgan fingerprint density at radius 2 is 2.10 bits per heavy atom. The van der Waals surface area contributed by atoms with Crippen molar-refractivity contribution in [2.75, 3.05) is 0 Å². The second-order valence-electron chi connectivity index (χ2n) is 6.57. The summed E-state index contributed by atoms with van der Waals surface area (Å²) in [6, 6.07) is -0.0729. The second-order valence-corrected chi connectivity index (χ2v) is 6.57. The molecule has 6 nitrogen and oxygen atoms in total. The maximum atomic E-state index is 11.1. The zero-order chi connectivity index (χ0) is 14.2. The smallest absolute Gasteiger partial charge is 0.305 e. The Morgan fingerprint density at radius 3 is 2.70 bits per heavy atom. The minimum Gasteiger partial charge on any atom is -0.481 e. The number of aromatic nitrogens is 4. The van der Waals surface area contributed by atoms with Crippen molar-refractivity contribution in [3.8, 4) is 0 Å². The lowest BCUT2D eigenvalue weighted by atomic mass is 9.75. The van der Waals surface area contributed by atoms with Crippen LogP contribution in [0.4, 0.5) is 0 Å². The minimum atomic E-state index is -0.767. The lowest BCUT2D eigenvalue weighted by Gasteiger charge is -2.33. The fourth-order valence-corrected chi connectivity index (χ4v) is 3.48. The zero-order valence-electron chi connectivity index (χ0n) is 12.0. The summed E-state index contributed by atoms with van der Waals surface area (Å²) in [7, 11) is 0. The Bertz CT molecular complexity index is 489. The fourth-order valence-electron chi connectivity index (χ4n) is 3.48. The first-order valence-corrected chi connectivity index (χ1v) is 7.60. The number of nitrogens with zero attached hydrogens (tertiary/aromatic N) is 4. The van der Waals surface area contributed by atoms with Crippen LogP contribution in [0.1, 0.15) is 70.2 Å². The molecule has 2 aliphatic rings. The molecule has 2 aliphatic carbocycles. The van der Waals surface area contributed by atoms with E-state index >= 15 is 0 Å². The van der Waals surface area contributed by atoms with Gasteiger partial charge in [0.05, 0.1) is 12.5 Å². The van der Waals surface area contributed by atoms with Crippen LogP contribution in [0.15, 0.2) is 0 Å². The van der Waals surface area contributed by atoms with Gasteiger partial charge in [0.15, 0.2) is 5.82 Å². The topological polar surface area (TPSA) is 80.9 Å². The molecule has 0 aromatic carbocycles. The Kier molecular flexibility index (Phi) is 3.48. The van der Waals surface area contributed by atoms with Crippen LogP contribution < -0.4 is 0 Å². The maximum absolute atomic E-state index is 11.1. The van der Waals surface area contributed by atoms with Crippen molar-refractivity contribution in [1.82, 2.24) is 20.2 Å². The van der Waals surface area contributed by atoms with Crippen molar-refractivity contribution in [1.29, 1.82) is 0 Å². The van der Waals surface area contributed by atoms with Crippen molar-refractivity contribution in [3.05, 3.63) is 5.82 Å². The Hall–Kier alpha value is -1.46. The molecule has 6 heteroatoms. The lowest BCUT2D eigenvalue weighted by Crippen LogP contribution is -2.32. The first kappa shape index (κ1) is 13.5. The van der Waals surface area contributed by atoms with E-state index in [1.165, 1.54) is 19.3 Å². The predicted octanol–water partition coefficient (Wildman–Crippen LogP) is 2.32. The Morgan fingerprint density at radius 1 is 1.40 bits per heavy atom. The summed E-state index contributed by atoms with van der Waals surface area (Å²) in [6.07, 6.45) is 8.18. The van der Waals surface area contributed by atoms with E-state index in [1.807, 2.05) is 4.68 Å². The van der Waals surface area contributed by atoms with E-state index in [1.54, 1.807) is 0 Å². The molecule has 110 valence electrons. The molecular weight excluding hydrogens is 256 g/mol. The van der Waals surface area contributed by atoms with Gasteiger partial charge in [-0.1, -0.05) is 26.2 Å². The monoisotopic (exact) mass is 278 g/mol. The van der Waals surface area contributed by atoms with Gasteiger partial charge >= 0.3 is 5.97 Å². The summed E-state index contributed by atoms with van der Waals surface area (Å²) < 4.78 is 1.83. The molecule has 1 atom stereocenters. The van der Waals surface area contributed by atoms with Crippen LogP contribution in [0, 0.1) is 5.92 Å². The summed E-state index contributed by atoms with van der Waals surface area (Å²) in [5.74, 6) is 0.563. The Balaban J connectivity index is 1.89. The van der Waals surface area contributed by atoms with Crippen molar-refractivity contribution in [2.24, 2.45) is 5.92 Å². The largest absolute Gasteiger partial charge is 0.481 e. The highest BCUT2D eigenvalue weighted by Gasteiger charge is 2.40. The van der Waals surface area contributed by atoms with Gasteiger partial charge in [-0.2, -0.15) is 0 Å². The van der Waals surface area contributed by atoms with E-state index in [0.29, 0.717) is 5.92 Å². The third kappa shape index (κ3) is 2.55. The molecule has 0 saturated heterocycles. The molecule has 1 N–H and O–H groups in total. The summed E-state index contributed by atoms with van der Waals surface area (Å²) in [5, 5.41) is 21.4. The van der Waals surface area contributed by atoms with Gasteiger partial charge < -0.3 is 5.11 Å². The number of tetrazole rings is 1. The van der Waals surface area contributed by atoms with Crippen LogP contribution in [-0.2, 0) is 10.2 Å². The number of carboxylic acid groups (broad SMARTS) is 1. The molecule has 0 spiro atoms. The quantitative estimate of drug-likeness (QED) is 0.894. The number of aliphatic carboxylic acids is 1. The molecule has 20 heavy (non-hydrogen) atoms. The number of carboxylic acids is 1. The van der Waals surface area contributed by atoms with E-state index in [4.69, 9.17) is 5.11 Å². The fraction of sp³-hybridized carbons (Fsp3) is 0.857. The third-order valence-corrected chi connectivity index (χ3v) is 4.85. The molecule has 1 unspecified atom stereocenters. The molecule has 1 aromatic heterocycles. The summed E-state index contributed by atoms with van der Waals surface area (Å²) in [5.41, 5.74) is 0.00733. The molecule has 1 heterocycles. The molecule has 0 aliphatic heterocycles. The van der Waals surface area contributed by atoms with Crippen molar-refractivity contribution < 1.29 is 9.90 Å². The van der Waals surface area contributed by atoms with Crippen LogP contribution in [-0.4, -0.2) is 31.3 Å². The van der Waals surface area contributed by atoms with Gasteiger partial charge in [-0.3, -0.25) is 4.79 Å². The predicted molar refractivity (Wildman–Crippen MR) is 72.3 cm³/mol. The van der Waals surface area contributed by atoms with Gasteiger partial charge in [0, 0.05) is 5.41 Å². The Labute approximate surface area is 118 Å². The second kappa shape index (κ2) is 5.14. The molecular formula is C14H22N4O2. The summed E-state index contributed by atoms with van der Waals surface area (Å²) >= 11 is 0. The van der Waals surface area contributed by atoms with Crippen LogP contribution in [0.5, 0.6) is 0 Å². The molecule has 3 rings (SSSR count). The summed E-state index contributed by atoms with van der Waals surface area (Å²) in [6.45, 7) is 2.22. The lowest BCUT2D eigenvalue weighted by molar-refractivity contribution is -0.138. The SMILES string of the molecule is CC1(c2nnnn2C(CC(=O)O)C2CC2)CCCCC1. The van der Waals surface area contributed by atoms with E-state index in [-0.39, 0.29) is 17.9 Å². The van der Waals surface area contributed by atoms with Gasteiger partial charge in [0.1, 0.15) is 0 Å². The van der Waals surface area contributed by atoms with Gasteiger partial charge in [-0.05, 0) is 42.0 Å². The van der Waals surface area contributed by atoms with E-state index in [0.717, 1.165) is 31.5 Å². The molecule has 0 amide bonds. The minimum absolute atomic E-state index is 0.00733. The van der Waals surface area contributed by atoms with Gasteiger partial charge in [0.25, 0.3) is 0 Å². The van der Waals surface area contributed by atoms with E-state index < -0.39 is 5.97 Å². The standard InChI is InChI=1S/C14H22N4O2/c1-14(7-3-2-4-8-14)13-15-16-17-18(13)11(9-12(19)20)10-5-6-10/h10-11H,2-9H2,1H3,(H,19,20). The van der Waals surface area contributed by atoms with Crippen LogP contribution in [0.3, 0.4) is 0 Å². The number of hydrogen-bond acceptors (Lipinski definition) is 4. The average Bonchev–Trinajstić information content (AvgIpc) is 3.12. The van der Waals surface area contributed by atoms with Crippen molar-refractivity contribution >= 4 is 5.97 Å². The number of carbonyl (C=O) groups is 1. The molecule has 1 aromatic rings. The molecule has 0 bridgehead atoms. The van der Waals surface area contributed by atoms with E-state index in [9.17, 15) is 4.79 Å². The number of hydrogen-bond donors (Lipinski definition) is 1. The maximum Gasteiger partial charge on any atom is 0.305 e. The average molecular weight is 278 g/mol. The zero-order valence-corrected chi connectivity index (χ0v) is 12.0. The first-order valence-electron chi connectivity index (χ1n) is 7.60. The highest BCUT2D eigenvalue weighted by Crippen LogP contribution is 2.44. The number of rotatable bonds is 5. The van der Waals surface area contributed by atoms with Crippen molar-refractivity contribution in [2.45, 2.75) is 69.7 Å². The summed E-state index contributed by atoms with van der Waals surface area (Å²) in [4.78, 5) is 11.1. The van der Waals surface area contributed by atoms with E-state index in [2.05, 4.69) is 22.4 Å². The third-order valence-electron chi connectivity index (χ3n) is 4.85. The van der Waals surface area contributed by atoms with Gasteiger partial charge in [0.2, 0.25) is 0 Å². The molecule has 0 radical (unpaired) electrons. The first-order chi connectivity index (χ1) is 9.60. The highest BCUT2D eigenvalue weighted by atomic mass is 16.4. The molecule has 2 fully saturated rings. The highest BCUT2D eigenvalue weighted by molar-refractivity contribution is 5.67. The van der Waals surface area contributed by atoms with Crippen molar-refractivity contribution in [3.63, 3.8) is 0 Å². The normalized spacial score (nSPS) is 23.4. The van der Waals surface area contributed by atoms with Crippen LogP contribution >= 0.6 is 0 Å². The van der Waals surface area contributed by atoms with Crippen LogP contribution in [0.2, 0.25) is 0 Å².